The third-order valence-electron chi connectivity index (χ3n) is 10.0. The summed E-state index contributed by atoms with van der Waals surface area (Å²) in [7, 11) is 0. The van der Waals surface area contributed by atoms with Gasteiger partial charge in [0.1, 0.15) is 18.3 Å². The Morgan fingerprint density at radius 2 is 1.83 bits per heavy atom. The van der Waals surface area contributed by atoms with Crippen molar-refractivity contribution in [1.29, 1.82) is 0 Å². The van der Waals surface area contributed by atoms with E-state index in [1.807, 2.05) is 20.8 Å². The second-order valence-electron chi connectivity index (χ2n) is 12.1. The van der Waals surface area contributed by atoms with E-state index < -0.39 is 70.0 Å². The number of fused-ring (bicyclic) bond motifs is 2. The summed E-state index contributed by atoms with van der Waals surface area (Å²) in [6, 6.07) is 0. The third kappa shape index (κ3) is 3.04. The highest BCUT2D eigenvalue weighted by atomic mass is 16.6. The molecule has 2 spiro atoms. The molecule has 2 aliphatic heterocycles. The van der Waals surface area contributed by atoms with Crippen molar-refractivity contribution in [3.05, 3.63) is 0 Å². The minimum absolute atomic E-state index is 0.00482. The van der Waals surface area contributed by atoms with E-state index in [1.54, 1.807) is 0 Å². The lowest BCUT2D eigenvalue weighted by Gasteiger charge is -2.74. The van der Waals surface area contributed by atoms with Crippen LogP contribution in [0.2, 0.25) is 0 Å². The van der Waals surface area contributed by atoms with E-state index >= 15 is 0 Å². The van der Waals surface area contributed by atoms with Crippen LogP contribution in [0.15, 0.2) is 0 Å². The number of hydrogen-bond donors (Lipinski definition) is 2. The molecule has 0 aromatic heterocycles. The van der Waals surface area contributed by atoms with Crippen LogP contribution < -0.4 is 0 Å². The van der Waals surface area contributed by atoms with Crippen molar-refractivity contribution in [2.75, 3.05) is 19.8 Å². The van der Waals surface area contributed by atoms with Gasteiger partial charge in [-0.1, -0.05) is 13.8 Å². The van der Waals surface area contributed by atoms with Gasteiger partial charge in [-0.2, -0.15) is 0 Å². The van der Waals surface area contributed by atoms with E-state index in [-0.39, 0.29) is 24.9 Å². The maximum Gasteiger partial charge on any atom is 0.302 e. The fourth-order valence-electron chi connectivity index (χ4n) is 9.17. The van der Waals surface area contributed by atoms with Gasteiger partial charge in [-0.15, -0.1) is 0 Å². The summed E-state index contributed by atoms with van der Waals surface area (Å²) in [5.41, 5.74) is -2.93. The smallest absolute Gasteiger partial charge is 0.302 e. The molecule has 0 unspecified atom stereocenters. The Balaban J connectivity index is 1.74. The highest BCUT2D eigenvalue weighted by molar-refractivity contribution is 5.92. The van der Waals surface area contributed by atoms with Crippen LogP contribution >= 0.6 is 0 Å². The Labute approximate surface area is 205 Å². The fourth-order valence-corrected chi connectivity index (χ4v) is 9.17. The maximum absolute atomic E-state index is 14.3. The summed E-state index contributed by atoms with van der Waals surface area (Å²) >= 11 is 0. The van der Waals surface area contributed by atoms with Crippen LogP contribution in [0, 0.1) is 39.9 Å². The Bertz CT molecular complexity index is 932. The molecule has 0 aromatic carbocycles. The Hall–Kier alpha value is -1.55. The number of aliphatic hydroxyl groups excluding tert-OH is 1. The number of Topliss-reactive ketones (excluding diaryl/α,β-unsaturated/α-hetero) is 1. The Morgan fingerprint density at radius 1 is 1.14 bits per heavy atom. The molecule has 2 N–H and O–H groups in total. The average Bonchev–Trinajstić information content (AvgIpc) is 2.97. The standard InChI is InChI=1S/C26H38O9/c1-6-32-11-16-15-9-17(34-13(2)27)19-24-12-33-26(31,25(19,10-15)21(16)29)22(30)20(24)23(4,5)8-7-18(24)35-14(3)28/h15-20,22,30-31H,6-12H2,1-5H3/t15-,16+,17-,18+,19+,20-,22+,24+,25+,26-/m1/s1. The van der Waals surface area contributed by atoms with E-state index in [4.69, 9.17) is 18.9 Å². The van der Waals surface area contributed by atoms with Crippen molar-refractivity contribution in [2.45, 2.75) is 84.4 Å². The zero-order valence-electron chi connectivity index (χ0n) is 21.2. The molecule has 0 radical (unpaired) electrons. The largest absolute Gasteiger partial charge is 0.462 e. The molecule has 4 saturated carbocycles. The van der Waals surface area contributed by atoms with E-state index in [0.29, 0.717) is 32.3 Å². The van der Waals surface area contributed by atoms with Gasteiger partial charge in [0.25, 0.3) is 0 Å². The van der Waals surface area contributed by atoms with Gasteiger partial charge >= 0.3 is 11.9 Å². The molecule has 196 valence electrons. The van der Waals surface area contributed by atoms with Crippen molar-refractivity contribution in [3.8, 4) is 0 Å². The molecular weight excluding hydrogens is 456 g/mol. The van der Waals surface area contributed by atoms with E-state index in [9.17, 15) is 24.6 Å². The lowest BCUT2D eigenvalue weighted by molar-refractivity contribution is -0.455. The number of ketones is 1. The summed E-state index contributed by atoms with van der Waals surface area (Å²) < 4.78 is 23.6. The number of carbonyl (C=O) groups is 3. The van der Waals surface area contributed by atoms with Gasteiger partial charge < -0.3 is 29.2 Å². The molecule has 6 aliphatic rings. The van der Waals surface area contributed by atoms with Crippen LogP contribution in [-0.2, 0) is 33.3 Å². The van der Waals surface area contributed by atoms with Crippen LogP contribution in [0.3, 0.4) is 0 Å². The summed E-state index contributed by atoms with van der Waals surface area (Å²) in [5, 5.41) is 24.0. The normalized spacial score (nSPS) is 49.2. The highest BCUT2D eigenvalue weighted by Gasteiger charge is 2.87. The van der Waals surface area contributed by atoms with Crippen LogP contribution in [0.1, 0.15) is 60.3 Å². The maximum atomic E-state index is 14.3. The predicted molar refractivity (Wildman–Crippen MR) is 121 cm³/mol. The van der Waals surface area contributed by atoms with Gasteiger partial charge in [-0.3, -0.25) is 14.4 Å². The molecule has 6 fully saturated rings. The van der Waals surface area contributed by atoms with Crippen molar-refractivity contribution < 1.29 is 43.5 Å². The molecule has 2 saturated heterocycles. The van der Waals surface area contributed by atoms with Crippen LogP contribution in [0.5, 0.6) is 0 Å². The monoisotopic (exact) mass is 494 g/mol. The van der Waals surface area contributed by atoms with Crippen LogP contribution in [0.25, 0.3) is 0 Å². The Kier molecular flexibility index (Phi) is 5.72. The van der Waals surface area contributed by atoms with Crippen molar-refractivity contribution in [1.82, 2.24) is 0 Å². The minimum Gasteiger partial charge on any atom is -0.462 e. The molecule has 9 nitrogen and oxygen atoms in total. The average molecular weight is 495 g/mol. The highest BCUT2D eigenvalue weighted by Crippen LogP contribution is 2.77. The number of ether oxygens (including phenoxy) is 4. The Morgan fingerprint density at radius 3 is 2.46 bits per heavy atom. The molecular formula is C26H38O9. The molecule has 2 heterocycles. The number of esters is 2. The van der Waals surface area contributed by atoms with Gasteiger partial charge in [0.05, 0.1) is 18.6 Å². The molecule has 6 rings (SSSR count). The van der Waals surface area contributed by atoms with E-state index in [2.05, 4.69) is 0 Å². The van der Waals surface area contributed by atoms with Crippen molar-refractivity contribution >= 4 is 17.7 Å². The van der Waals surface area contributed by atoms with E-state index in [1.165, 1.54) is 13.8 Å². The van der Waals surface area contributed by atoms with Gasteiger partial charge in [0.15, 0.2) is 5.78 Å². The third-order valence-corrected chi connectivity index (χ3v) is 10.0. The molecule has 10 atom stereocenters. The van der Waals surface area contributed by atoms with Gasteiger partial charge in [0, 0.05) is 43.6 Å². The van der Waals surface area contributed by atoms with Crippen LogP contribution in [0.4, 0.5) is 0 Å². The first-order valence-electron chi connectivity index (χ1n) is 12.9. The molecule has 0 aromatic rings. The van der Waals surface area contributed by atoms with E-state index in [0.717, 1.165) is 0 Å². The molecule has 9 heteroatoms. The zero-order valence-corrected chi connectivity index (χ0v) is 21.2. The summed E-state index contributed by atoms with van der Waals surface area (Å²) in [6.07, 6.45) is -0.757. The first kappa shape index (κ1) is 25.1. The summed E-state index contributed by atoms with van der Waals surface area (Å²) in [6.45, 7) is 9.25. The fraction of sp³-hybridized carbons (Fsp3) is 0.885. The minimum atomic E-state index is -2.13. The number of hydrogen-bond acceptors (Lipinski definition) is 9. The summed E-state index contributed by atoms with van der Waals surface area (Å²) in [5.74, 6) is -5.15. The number of carbonyl (C=O) groups excluding carboxylic acids is 3. The first-order valence-corrected chi connectivity index (χ1v) is 12.9. The zero-order chi connectivity index (χ0) is 25.6. The van der Waals surface area contributed by atoms with Gasteiger partial charge in [0.2, 0.25) is 5.79 Å². The van der Waals surface area contributed by atoms with Crippen molar-refractivity contribution in [3.63, 3.8) is 0 Å². The van der Waals surface area contributed by atoms with Crippen molar-refractivity contribution in [2.24, 2.45) is 39.9 Å². The SMILES string of the molecule is CCOC[C@@H]1C(=O)[C@]23C[C@H]1C[C@@H](OC(C)=O)[C@H]2[C@@]12CO[C@]3(O)[C@@H](O)[C@@H]1C(C)(C)CC[C@@H]2OC(C)=O. The molecule has 0 amide bonds. The number of aliphatic hydroxyl groups is 2. The van der Waals surface area contributed by atoms with Crippen LogP contribution in [-0.4, -0.2) is 71.9 Å². The first-order chi connectivity index (χ1) is 16.4. The molecule has 4 aliphatic carbocycles. The topological polar surface area (TPSA) is 129 Å². The second-order valence-corrected chi connectivity index (χ2v) is 12.1. The lowest BCUT2D eigenvalue weighted by atomic mass is 9.35. The second kappa shape index (κ2) is 7.97. The number of rotatable bonds is 5. The summed E-state index contributed by atoms with van der Waals surface area (Å²) in [4.78, 5) is 38.8. The molecule has 35 heavy (non-hydrogen) atoms. The van der Waals surface area contributed by atoms with Gasteiger partial charge in [-0.25, -0.2) is 0 Å². The quantitative estimate of drug-likeness (QED) is 0.548. The van der Waals surface area contributed by atoms with Gasteiger partial charge in [-0.05, 0) is 43.9 Å². The predicted octanol–water partition coefficient (Wildman–Crippen LogP) is 1.61. The lowest BCUT2D eigenvalue weighted by Crippen LogP contribution is -2.85. The molecule has 4 bridgehead atoms.